The molecule has 0 radical (unpaired) electrons. The van der Waals surface area contributed by atoms with Crippen molar-refractivity contribution in [1.82, 2.24) is 5.32 Å². The van der Waals surface area contributed by atoms with Crippen LogP contribution >= 0.6 is 12.4 Å². The van der Waals surface area contributed by atoms with Crippen molar-refractivity contribution in [1.29, 1.82) is 0 Å². The van der Waals surface area contributed by atoms with Gasteiger partial charge in [-0.1, -0.05) is 12.1 Å². The number of nitrogens with one attached hydrogen (secondary N) is 1. The van der Waals surface area contributed by atoms with Gasteiger partial charge in [0.25, 0.3) is 5.91 Å². The highest BCUT2D eigenvalue weighted by atomic mass is 35.5. The molecule has 1 saturated carbocycles. The van der Waals surface area contributed by atoms with Crippen molar-refractivity contribution in [3.8, 4) is 11.1 Å². The molecule has 0 spiro atoms. The Labute approximate surface area is 152 Å². The van der Waals surface area contributed by atoms with Gasteiger partial charge in [-0.05, 0) is 61.1 Å². The van der Waals surface area contributed by atoms with Gasteiger partial charge in [0, 0.05) is 23.7 Å². The second-order valence-corrected chi connectivity index (χ2v) is 6.31. The average molecular weight is 367 g/mol. The third-order valence-electron chi connectivity index (χ3n) is 4.47. The van der Waals surface area contributed by atoms with Crippen LogP contribution in [0, 0.1) is 24.5 Å². The quantitative estimate of drug-likeness (QED) is 0.845. The summed E-state index contributed by atoms with van der Waals surface area (Å²) in [5.74, 6) is -0.753. The van der Waals surface area contributed by atoms with Gasteiger partial charge in [0.15, 0.2) is 0 Å². The Balaban J connectivity index is 0.00000225. The van der Waals surface area contributed by atoms with Crippen molar-refractivity contribution in [2.24, 2.45) is 11.7 Å². The fraction of sp³-hybridized carbons (Fsp3) is 0.316. The Hall–Kier alpha value is -1.98. The standard InChI is InChI=1S/C19H20F2N2O.ClH/c1-11-8-14(20)5-7-15(11)16-6-4-13(9-17(16)21)19(24)23-18(10-22)12-2-3-12;/h4-9,12,18H,2-3,10,22H2,1H3,(H,23,24);1H. The summed E-state index contributed by atoms with van der Waals surface area (Å²) in [6.45, 7) is 2.10. The molecule has 3 N–H and O–H groups in total. The van der Waals surface area contributed by atoms with Crippen LogP contribution in [-0.4, -0.2) is 18.5 Å². The zero-order valence-electron chi connectivity index (χ0n) is 13.9. The first-order chi connectivity index (χ1) is 11.5. The maximum atomic E-state index is 14.5. The van der Waals surface area contributed by atoms with Crippen LogP contribution in [-0.2, 0) is 0 Å². The van der Waals surface area contributed by atoms with Gasteiger partial charge in [-0.3, -0.25) is 4.79 Å². The lowest BCUT2D eigenvalue weighted by Crippen LogP contribution is -2.41. The number of carbonyl (C=O) groups excluding carboxylic acids is 1. The Kier molecular flexibility index (Phi) is 6.14. The van der Waals surface area contributed by atoms with Crippen LogP contribution < -0.4 is 11.1 Å². The summed E-state index contributed by atoms with van der Waals surface area (Å²) in [5, 5.41) is 2.87. The van der Waals surface area contributed by atoms with E-state index in [1.165, 1.54) is 18.2 Å². The van der Waals surface area contributed by atoms with Crippen molar-refractivity contribution < 1.29 is 13.6 Å². The summed E-state index contributed by atoms with van der Waals surface area (Å²) in [4.78, 5) is 12.3. The third-order valence-corrected chi connectivity index (χ3v) is 4.47. The van der Waals surface area contributed by atoms with Crippen LogP contribution in [0.5, 0.6) is 0 Å². The first kappa shape index (κ1) is 19.3. The second kappa shape index (κ2) is 7.93. The Bertz CT molecular complexity index is 778. The van der Waals surface area contributed by atoms with E-state index in [0.717, 1.165) is 12.8 Å². The van der Waals surface area contributed by atoms with E-state index in [4.69, 9.17) is 5.73 Å². The highest BCUT2D eigenvalue weighted by molar-refractivity contribution is 5.95. The maximum Gasteiger partial charge on any atom is 0.251 e. The van der Waals surface area contributed by atoms with E-state index in [9.17, 15) is 13.6 Å². The average Bonchev–Trinajstić information content (AvgIpc) is 3.38. The lowest BCUT2D eigenvalue weighted by Gasteiger charge is -2.16. The zero-order valence-corrected chi connectivity index (χ0v) is 14.7. The summed E-state index contributed by atoms with van der Waals surface area (Å²) in [7, 11) is 0. The molecule has 0 bridgehead atoms. The molecule has 1 aliphatic rings. The van der Waals surface area contributed by atoms with Crippen LogP contribution in [0.25, 0.3) is 11.1 Å². The molecule has 0 aromatic heterocycles. The van der Waals surface area contributed by atoms with E-state index in [-0.39, 0.29) is 35.7 Å². The lowest BCUT2D eigenvalue weighted by atomic mass is 9.98. The van der Waals surface area contributed by atoms with E-state index in [2.05, 4.69) is 5.32 Å². The molecule has 0 saturated heterocycles. The first-order valence-electron chi connectivity index (χ1n) is 8.06. The molecule has 1 aliphatic carbocycles. The number of hydrogen-bond donors (Lipinski definition) is 2. The Morgan fingerprint density at radius 1 is 1.20 bits per heavy atom. The number of rotatable bonds is 5. The smallest absolute Gasteiger partial charge is 0.251 e. The van der Waals surface area contributed by atoms with Crippen molar-refractivity contribution in [3.05, 3.63) is 59.2 Å². The topological polar surface area (TPSA) is 55.1 Å². The van der Waals surface area contributed by atoms with Crippen molar-refractivity contribution in [2.45, 2.75) is 25.8 Å². The van der Waals surface area contributed by atoms with Crippen LogP contribution in [0.1, 0.15) is 28.8 Å². The van der Waals surface area contributed by atoms with Gasteiger partial charge in [-0.15, -0.1) is 12.4 Å². The normalized spacial score (nSPS) is 14.6. The molecule has 1 amide bonds. The van der Waals surface area contributed by atoms with Gasteiger partial charge in [0.1, 0.15) is 11.6 Å². The molecule has 3 nitrogen and oxygen atoms in total. The van der Waals surface area contributed by atoms with E-state index >= 15 is 0 Å². The van der Waals surface area contributed by atoms with Crippen LogP contribution in [0.15, 0.2) is 36.4 Å². The molecule has 3 rings (SSSR count). The largest absolute Gasteiger partial charge is 0.348 e. The Morgan fingerprint density at radius 2 is 1.88 bits per heavy atom. The summed E-state index contributed by atoms with van der Waals surface area (Å²) >= 11 is 0. The van der Waals surface area contributed by atoms with Crippen molar-refractivity contribution in [2.75, 3.05) is 6.54 Å². The van der Waals surface area contributed by atoms with E-state index in [0.29, 0.717) is 29.2 Å². The van der Waals surface area contributed by atoms with Gasteiger partial charge in [0.2, 0.25) is 0 Å². The molecular weight excluding hydrogens is 346 g/mol. The molecule has 2 aromatic carbocycles. The van der Waals surface area contributed by atoms with Gasteiger partial charge in [-0.2, -0.15) is 0 Å². The number of benzene rings is 2. The fourth-order valence-corrected chi connectivity index (χ4v) is 2.92. The third kappa shape index (κ3) is 4.35. The first-order valence-corrected chi connectivity index (χ1v) is 8.06. The predicted octanol–water partition coefficient (Wildman–Crippen LogP) is 3.83. The van der Waals surface area contributed by atoms with E-state index < -0.39 is 5.82 Å². The van der Waals surface area contributed by atoms with Crippen molar-refractivity contribution >= 4 is 18.3 Å². The fourth-order valence-electron chi connectivity index (χ4n) is 2.92. The molecular formula is C19H21ClF2N2O. The molecule has 25 heavy (non-hydrogen) atoms. The molecule has 0 heterocycles. The van der Waals surface area contributed by atoms with Crippen LogP contribution in [0.4, 0.5) is 8.78 Å². The monoisotopic (exact) mass is 366 g/mol. The minimum atomic E-state index is -0.506. The minimum absolute atomic E-state index is 0. The van der Waals surface area contributed by atoms with Crippen molar-refractivity contribution in [3.63, 3.8) is 0 Å². The Morgan fingerprint density at radius 3 is 2.44 bits per heavy atom. The number of nitrogens with two attached hydrogens (primary N) is 1. The van der Waals surface area contributed by atoms with Crippen LogP contribution in [0.3, 0.4) is 0 Å². The minimum Gasteiger partial charge on any atom is -0.348 e. The lowest BCUT2D eigenvalue weighted by molar-refractivity contribution is 0.0933. The van der Waals surface area contributed by atoms with Gasteiger partial charge in [-0.25, -0.2) is 8.78 Å². The number of carbonyl (C=O) groups is 1. The summed E-state index contributed by atoms with van der Waals surface area (Å²) < 4.78 is 27.7. The highest BCUT2D eigenvalue weighted by Crippen LogP contribution is 2.32. The number of aryl methyl sites for hydroxylation is 1. The summed E-state index contributed by atoms with van der Waals surface area (Å²) in [6, 6.07) is 8.49. The second-order valence-electron chi connectivity index (χ2n) is 6.31. The molecule has 0 aliphatic heterocycles. The van der Waals surface area contributed by atoms with Gasteiger partial charge in [0.05, 0.1) is 0 Å². The van der Waals surface area contributed by atoms with Crippen LogP contribution in [0.2, 0.25) is 0 Å². The predicted molar refractivity (Wildman–Crippen MR) is 96.8 cm³/mol. The SMILES string of the molecule is Cc1cc(F)ccc1-c1ccc(C(=O)NC(CN)C2CC2)cc1F.Cl. The highest BCUT2D eigenvalue weighted by Gasteiger charge is 2.31. The summed E-state index contributed by atoms with van der Waals surface area (Å²) in [6.07, 6.45) is 2.14. The zero-order chi connectivity index (χ0) is 17.3. The summed E-state index contributed by atoms with van der Waals surface area (Å²) in [5.41, 5.74) is 7.54. The number of amides is 1. The number of halogens is 3. The molecule has 6 heteroatoms. The molecule has 134 valence electrons. The molecule has 2 aromatic rings. The molecule has 1 atom stereocenters. The van der Waals surface area contributed by atoms with E-state index in [1.807, 2.05) is 0 Å². The maximum absolute atomic E-state index is 14.5. The van der Waals surface area contributed by atoms with E-state index in [1.54, 1.807) is 25.1 Å². The molecule has 1 fully saturated rings. The molecule has 1 unspecified atom stereocenters. The van der Waals surface area contributed by atoms with Gasteiger partial charge >= 0.3 is 0 Å². The number of hydrogen-bond acceptors (Lipinski definition) is 2. The van der Waals surface area contributed by atoms with Gasteiger partial charge < -0.3 is 11.1 Å².